The molecular weight excluding hydrogens is 353 g/mol. The Bertz CT molecular complexity index is 737. The quantitative estimate of drug-likeness (QED) is 0.775. The van der Waals surface area contributed by atoms with Gasteiger partial charge < -0.3 is 10.1 Å². The van der Waals surface area contributed by atoms with Crippen LogP contribution in [0.4, 0.5) is 18.3 Å². The molecule has 1 heterocycles. The van der Waals surface area contributed by atoms with Crippen LogP contribution in [-0.2, 0) is 4.79 Å². The van der Waals surface area contributed by atoms with Crippen molar-refractivity contribution in [3.8, 4) is 5.75 Å². The molecule has 0 bridgehead atoms. The van der Waals surface area contributed by atoms with Crippen LogP contribution in [0.5, 0.6) is 5.75 Å². The third-order valence-electron chi connectivity index (χ3n) is 4.30. The molecule has 25 heavy (non-hydrogen) atoms. The second kappa shape index (κ2) is 7.59. The lowest BCUT2D eigenvalue weighted by Gasteiger charge is -2.18. The molecule has 8 heteroatoms. The van der Waals surface area contributed by atoms with Crippen molar-refractivity contribution in [3.05, 3.63) is 18.2 Å². The van der Waals surface area contributed by atoms with Gasteiger partial charge in [-0.05, 0) is 25.0 Å². The first-order chi connectivity index (χ1) is 11.9. The number of alkyl halides is 3. The number of ether oxygens (including phenoxy) is 1. The van der Waals surface area contributed by atoms with Gasteiger partial charge in [0.1, 0.15) is 5.75 Å². The molecule has 4 nitrogen and oxygen atoms in total. The number of benzene rings is 1. The van der Waals surface area contributed by atoms with Gasteiger partial charge in [0, 0.05) is 12.0 Å². The second-order valence-corrected chi connectivity index (χ2v) is 7.26. The zero-order valence-corrected chi connectivity index (χ0v) is 14.4. The van der Waals surface area contributed by atoms with Crippen molar-refractivity contribution in [1.29, 1.82) is 0 Å². The molecule has 2 aromatic rings. The highest BCUT2D eigenvalue weighted by atomic mass is 32.1. The summed E-state index contributed by atoms with van der Waals surface area (Å²) >= 11 is 1.15. The molecule has 1 aliphatic rings. The zero-order chi connectivity index (χ0) is 17.9. The van der Waals surface area contributed by atoms with Crippen molar-refractivity contribution in [2.75, 3.05) is 5.32 Å². The number of anilines is 1. The highest BCUT2D eigenvalue weighted by Gasteiger charge is 2.31. The maximum absolute atomic E-state index is 12.4. The topological polar surface area (TPSA) is 51.2 Å². The lowest BCUT2D eigenvalue weighted by molar-refractivity contribution is -0.274. The molecule has 1 aromatic carbocycles. The number of aromatic nitrogens is 1. The highest BCUT2D eigenvalue weighted by Crippen LogP contribution is 2.32. The van der Waals surface area contributed by atoms with E-state index in [-0.39, 0.29) is 17.6 Å². The number of thiazole rings is 1. The van der Waals surface area contributed by atoms with E-state index in [1.165, 1.54) is 24.6 Å². The molecule has 0 radical (unpaired) electrons. The van der Waals surface area contributed by atoms with Crippen LogP contribution in [0.3, 0.4) is 0 Å². The van der Waals surface area contributed by atoms with Gasteiger partial charge in [-0.3, -0.25) is 4.79 Å². The average Bonchev–Trinajstić information content (AvgIpc) is 2.86. The summed E-state index contributed by atoms with van der Waals surface area (Å²) in [6, 6.07) is 3.96. The third-order valence-corrected chi connectivity index (χ3v) is 5.23. The number of carbonyl (C=O) groups is 1. The van der Waals surface area contributed by atoms with Gasteiger partial charge in [0.05, 0.1) is 10.2 Å². The van der Waals surface area contributed by atoms with Crippen LogP contribution in [0, 0.1) is 5.92 Å². The van der Waals surface area contributed by atoms with Gasteiger partial charge in [0.2, 0.25) is 5.91 Å². The van der Waals surface area contributed by atoms with Gasteiger partial charge >= 0.3 is 6.36 Å². The maximum atomic E-state index is 12.4. The Hall–Kier alpha value is -1.83. The fourth-order valence-corrected chi connectivity index (χ4v) is 3.98. The first-order valence-corrected chi connectivity index (χ1v) is 9.19. The van der Waals surface area contributed by atoms with Crippen LogP contribution in [0.1, 0.15) is 44.9 Å². The van der Waals surface area contributed by atoms with Crippen LogP contribution in [0.15, 0.2) is 18.2 Å². The molecular formula is C17H19F3N2O2S. The van der Waals surface area contributed by atoms with E-state index in [0.29, 0.717) is 15.3 Å². The van der Waals surface area contributed by atoms with Gasteiger partial charge in [-0.15, -0.1) is 13.2 Å². The normalized spacial score (nSPS) is 17.1. The molecule has 0 unspecified atom stereocenters. The molecule has 1 saturated carbocycles. The van der Waals surface area contributed by atoms with Crippen molar-refractivity contribution < 1.29 is 22.7 Å². The first kappa shape index (κ1) is 18.0. The molecule has 136 valence electrons. The van der Waals surface area contributed by atoms with Crippen molar-refractivity contribution >= 4 is 32.6 Å². The molecule has 0 aliphatic heterocycles. The summed E-state index contributed by atoms with van der Waals surface area (Å²) < 4.78 is 41.3. The summed E-state index contributed by atoms with van der Waals surface area (Å²) in [6.07, 6.45) is 2.68. The number of halogens is 3. The standard InChI is InChI=1S/C17H19F3N2O2S/c18-17(19,20)24-12-8-9-13-14(10-12)25-16(21-13)22-15(23)11-6-4-2-1-3-5-7-11/h8-11H,1-7H2,(H,21,22,23). The van der Waals surface area contributed by atoms with Crippen LogP contribution in [0.25, 0.3) is 10.2 Å². The highest BCUT2D eigenvalue weighted by molar-refractivity contribution is 7.22. The Labute approximate surface area is 147 Å². The second-order valence-electron chi connectivity index (χ2n) is 6.23. The lowest BCUT2D eigenvalue weighted by Crippen LogP contribution is -2.23. The predicted molar refractivity (Wildman–Crippen MR) is 90.7 cm³/mol. The van der Waals surface area contributed by atoms with Crippen LogP contribution < -0.4 is 10.1 Å². The SMILES string of the molecule is O=C(Nc1nc2ccc(OC(F)(F)F)cc2s1)C1CCCCCCC1. The largest absolute Gasteiger partial charge is 0.573 e. The molecule has 1 aromatic heterocycles. The van der Waals surface area contributed by atoms with Gasteiger partial charge in [-0.25, -0.2) is 4.98 Å². The van der Waals surface area contributed by atoms with Gasteiger partial charge in [0.15, 0.2) is 5.13 Å². The monoisotopic (exact) mass is 372 g/mol. The van der Waals surface area contributed by atoms with Gasteiger partial charge in [-0.1, -0.05) is 43.4 Å². The minimum atomic E-state index is -4.73. The molecule has 3 rings (SSSR count). The predicted octanol–water partition coefficient (Wildman–Crippen LogP) is 5.49. The first-order valence-electron chi connectivity index (χ1n) is 8.38. The smallest absolute Gasteiger partial charge is 0.406 e. The molecule has 0 atom stereocenters. The number of amides is 1. The Morgan fingerprint density at radius 1 is 1.16 bits per heavy atom. The number of nitrogens with zero attached hydrogens (tertiary/aromatic N) is 1. The summed E-state index contributed by atoms with van der Waals surface area (Å²) in [5, 5.41) is 3.23. The number of rotatable bonds is 3. The Kier molecular flexibility index (Phi) is 5.46. The molecule has 0 saturated heterocycles. The van der Waals surface area contributed by atoms with E-state index in [1.807, 2.05) is 0 Å². The fourth-order valence-electron chi connectivity index (χ4n) is 3.08. The Morgan fingerprint density at radius 2 is 1.84 bits per heavy atom. The number of fused-ring (bicyclic) bond motifs is 1. The molecule has 0 spiro atoms. The van der Waals surface area contributed by atoms with E-state index in [9.17, 15) is 18.0 Å². The maximum Gasteiger partial charge on any atom is 0.573 e. The number of hydrogen-bond acceptors (Lipinski definition) is 4. The molecule has 1 N–H and O–H groups in total. The van der Waals surface area contributed by atoms with E-state index in [2.05, 4.69) is 15.0 Å². The van der Waals surface area contributed by atoms with E-state index >= 15 is 0 Å². The summed E-state index contributed by atoms with van der Waals surface area (Å²) in [5.74, 6) is -0.356. The average molecular weight is 372 g/mol. The summed E-state index contributed by atoms with van der Waals surface area (Å²) in [4.78, 5) is 16.7. The Balaban J connectivity index is 1.69. The number of carbonyl (C=O) groups excluding carboxylic acids is 1. The summed E-state index contributed by atoms with van der Waals surface area (Å²) in [7, 11) is 0. The Morgan fingerprint density at radius 3 is 2.52 bits per heavy atom. The van der Waals surface area contributed by atoms with E-state index in [0.717, 1.165) is 49.9 Å². The van der Waals surface area contributed by atoms with Gasteiger partial charge in [0.25, 0.3) is 0 Å². The molecule has 1 amide bonds. The lowest BCUT2D eigenvalue weighted by atomic mass is 9.90. The van der Waals surface area contributed by atoms with E-state index in [1.54, 1.807) is 0 Å². The van der Waals surface area contributed by atoms with Gasteiger partial charge in [-0.2, -0.15) is 0 Å². The van der Waals surface area contributed by atoms with E-state index in [4.69, 9.17) is 0 Å². The van der Waals surface area contributed by atoms with Crippen molar-refractivity contribution in [2.24, 2.45) is 5.92 Å². The molecule has 1 aliphatic carbocycles. The van der Waals surface area contributed by atoms with E-state index < -0.39 is 6.36 Å². The summed E-state index contributed by atoms with van der Waals surface area (Å²) in [6.45, 7) is 0. The third kappa shape index (κ3) is 5.07. The van der Waals surface area contributed by atoms with Crippen molar-refractivity contribution in [2.45, 2.75) is 51.3 Å². The fraction of sp³-hybridized carbons (Fsp3) is 0.529. The molecule has 1 fully saturated rings. The van der Waals surface area contributed by atoms with Crippen LogP contribution in [-0.4, -0.2) is 17.3 Å². The number of nitrogens with one attached hydrogen (secondary N) is 1. The van der Waals surface area contributed by atoms with Crippen LogP contribution in [0.2, 0.25) is 0 Å². The minimum absolute atomic E-state index is 0.0172. The number of hydrogen-bond donors (Lipinski definition) is 1. The van der Waals surface area contributed by atoms with Crippen LogP contribution >= 0.6 is 11.3 Å². The minimum Gasteiger partial charge on any atom is -0.406 e. The van der Waals surface area contributed by atoms with Crippen molar-refractivity contribution in [3.63, 3.8) is 0 Å². The zero-order valence-electron chi connectivity index (χ0n) is 13.6. The van der Waals surface area contributed by atoms with Crippen molar-refractivity contribution in [1.82, 2.24) is 4.98 Å². The summed E-state index contributed by atoms with van der Waals surface area (Å²) in [5.41, 5.74) is 0.535.